The van der Waals surface area contributed by atoms with Gasteiger partial charge in [-0.15, -0.1) is 11.8 Å². The van der Waals surface area contributed by atoms with Crippen molar-refractivity contribution in [2.75, 3.05) is 18.8 Å². The largest absolute Gasteiger partial charge is 0.373 e. The second kappa shape index (κ2) is 6.49. The van der Waals surface area contributed by atoms with Gasteiger partial charge in [-0.05, 0) is 24.1 Å². The molecule has 0 aliphatic carbocycles. The topological polar surface area (TPSA) is 68.2 Å². The van der Waals surface area contributed by atoms with Gasteiger partial charge in [0.2, 0.25) is 0 Å². The van der Waals surface area contributed by atoms with E-state index in [9.17, 15) is 4.79 Å². The number of thioether (sulfide) groups is 1. The average Bonchev–Trinajstić information content (AvgIpc) is 3.04. The predicted octanol–water partition coefficient (Wildman–Crippen LogP) is 1.79. The SMILES string of the molecule is O=C(c1ccncn1)N1CC2(C[C@@H](OCc3cccnc3)CS2)C1. The van der Waals surface area contributed by atoms with Gasteiger partial charge >= 0.3 is 0 Å². The summed E-state index contributed by atoms with van der Waals surface area (Å²) in [6.45, 7) is 2.14. The summed E-state index contributed by atoms with van der Waals surface area (Å²) in [4.78, 5) is 26.2. The van der Waals surface area contributed by atoms with Crippen LogP contribution in [0.3, 0.4) is 0 Å². The first-order valence-electron chi connectivity index (χ1n) is 7.94. The lowest BCUT2D eigenvalue weighted by Crippen LogP contribution is -2.60. The van der Waals surface area contributed by atoms with E-state index in [-0.39, 0.29) is 16.8 Å². The third kappa shape index (κ3) is 3.14. The maximum absolute atomic E-state index is 12.3. The Balaban J connectivity index is 1.28. The van der Waals surface area contributed by atoms with E-state index in [1.54, 1.807) is 18.5 Å². The number of hydrogen-bond donors (Lipinski definition) is 0. The number of amides is 1. The van der Waals surface area contributed by atoms with Gasteiger partial charge in [-0.3, -0.25) is 9.78 Å². The molecule has 4 heterocycles. The first-order chi connectivity index (χ1) is 11.7. The fourth-order valence-electron chi connectivity index (χ4n) is 3.20. The van der Waals surface area contributed by atoms with Crippen molar-refractivity contribution in [1.29, 1.82) is 0 Å². The van der Waals surface area contributed by atoms with E-state index in [0.717, 1.165) is 30.8 Å². The number of aromatic nitrogens is 3. The zero-order valence-corrected chi connectivity index (χ0v) is 14.0. The molecule has 0 saturated carbocycles. The summed E-state index contributed by atoms with van der Waals surface area (Å²) in [5.74, 6) is 0.971. The number of ether oxygens (including phenoxy) is 1. The second-order valence-electron chi connectivity index (χ2n) is 6.25. The Morgan fingerprint density at radius 1 is 1.33 bits per heavy atom. The van der Waals surface area contributed by atoms with E-state index in [1.807, 2.05) is 35.0 Å². The summed E-state index contributed by atoms with van der Waals surface area (Å²) in [5, 5.41) is 0. The molecule has 7 heteroatoms. The minimum atomic E-state index is -0.0108. The monoisotopic (exact) mass is 342 g/mol. The molecule has 1 spiro atoms. The van der Waals surface area contributed by atoms with Crippen molar-refractivity contribution in [2.24, 2.45) is 0 Å². The maximum atomic E-state index is 12.3. The lowest BCUT2D eigenvalue weighted by atomic mass is 9.92. The van der Waals surface area contributed by atoms with E-state index >= 15 is 0 Å². The maximum Gasteiger partial charge on any atom is 0.272 e. The van der Waals surface area contributed by atoms with Gasteiger partial charge in [0.25, 0.3) is 5.91 Å². The molecule has 1 amide bonds. The van der Waals surface area contributed by atoms with Crippen molar-refractivity contribution in [3.63, 3.8) is 0 Å². The molecule has 2 aromatic heterocycles. The number of rotatable bonds is 4. The molecule has 124 valence electrons. The van der Waals surface area contributed by atoms with Crippen molar-refractivity contribution in [3.05, 3.63) is 54.4 Å². The summed E-state index contributed by atoms with van der Waals surface area (Å²) in [6.07, 6.45) is 7.85. The smallest absolute Gasteiger partial charge is 0.272 e. The molecule has 2 aliphatic heterocycles. The molecular weight excluding hydrogens is 324 g/mol. The van der Waals surface area contributed by atoms with Crippen molar-refractivity contribution in [2.45, 2.75) is 23.9 Å². The Labute approximate surface area is 144 Å². The molecule has 0 radical (unpaired) electrons. The summed E-state index contributed by atoms with van der Waals surface area (Å²) in [5.41, 5.74) is 1.56. The average molecular weight is 342 g/mol. The molecule has 4 rings (SSSR count). The van der Waals surface area contributed by atoms with Crippen LogP contribution in [0.4, 0.5) is 0 Å². The van der Waals surface area contributed by atoms with E-state index < -0.39 is 0 Å². The zero-order valence-electron chi connectivity index (χ0n) is 13.2. The van der Waals surface area contributed by atoms with Gasteiger partial charge in [-0.2, -0.15) is 0 Å². The fourth-order valence-corrected chi connectivity index (χ4v) is 4.75. The van der Waals surface area contributed by atoms with Gasteiger partial charge in [0.1, 0.15) is 12.0 Å². The molecule has 2 saturated heterocycles. The van der Waals surface area contributed by atoms with E-state index in [4.69, 9.17) is 4.74 Å². The van der Waals surface area contributed by atoms with Gasteiger partial charge in [0.15, 0.2) is 0 Å². The van der Waals surface area contributed by atoms with Crippen molar-refractivity contribution < 1.29 is 9.53 Å². The second-order valence-corrected chi connectivity index (χ2v) is 7.74. The number of carbonyl (C=O) groups is 1. The van der Waals surface area contributed by atoms with Crippen LogP contribution in [0.2, 0.25) is 0 Å². The highest BCUT2D eigenvalue weighted by molar-refractivity contribution is 8.01. The lowest BCUT2D eigenvalue weighted by Gasteiger charge is -2.47. The predicted molar refractivity (Wildman–Crippen MR) is 90.6 cm³/mol. The van der Waals surface area contributed by atoms with Gasteiger partial charge in [-0.25, -0.2) is 9.97 Å². The lowest BCUT2D eigenvalue weighted by molar-refractivity contribution is 0.0252. The third-order valence-corrected chi connectivity index (χ3v) is 6.01. The Morgan fingerprint density at radius 3 is 3.00 bits per heavy atom. The Kier molecular flexibility index (Phi) is 4.20. The van der Waals surface area contributed by atoms with Crippen LogP contribution in [0.25, 0.3) is 0 Å². The van der Waals surface area contributed by atoms with Crippen LogP contribution in [0.5, 0.6) is 0 Å². The van der Waals surface area contributed by atoms with E-state index in [2.05, 4.69) is 15.0 Å². The normalized spacial score (nSPS) is 21.7. The van der Waals surface area contributed by atoms with Crippen molar-refractivity contribution in [1.82, 2.24) is 19.9 Å². The minimum absolute atomic E-state index is 0.0108. The van der Waals surface area contributed by atoms with Crippen LogP contribution in [0.1, 0.15) is 22.5 Å². The molecule has 0 bridgehead atoms. The van der Waals surface area contributed by atoms with Gasteiger partial charge in [0, 0.05) is 37.4 Å². The fraction of sp³-hybridized carbons (Fsp3) is 0.412. The molecule has 6 nitrogen and oxygen atoms in total. The quantitative estimate of drug-likeness (QED) is 0.844. The zero-order chi connectivity index (χ0) is 16.4. The highest BCUT2D eigenvalue weighted by Crippen LogP contribution is 2.46. The van der Waals surface area contributed by atoms with Crippen LogP contribution in [0, 0.1) is 0 Å². The summed E-state index contributed by atoms with van der Waals surface area (Å²) < 4.78 is 6.17. The van der Waals surface area contributed by atoms with E-state index in [1.165, 1.54) is 6.33 Å². The molecule has 0 unspecified atom stereocenters. The molecule has 2 aromatic rings. The Morgan fingerprint density at radius 2 is 2.25 bits per heavy atom. The molecule has 2 aliphatic rings. The van der Waals surface area contributed by atoms with Crippen LogP contribution < -0.4 is 0 Å². The number of carbonyl (C=O) groups excluding carboxylic acids is 1. The molecule has 2 fully saturated rings. The highest BCUT2D eigenvalue weighted by atomic mass is 32.2. The van der Waals surface area contributed by atoms with Crippen molar-refractivity contribution >= 4 is 17.7 Å². The summed E-state index contributed by atoms with van der Waals surface area (Å²) in [6, 6.07) is 5.61. The summed E-state index contributed by atoms with van der Waals surface area (Å²) in [7, 11) is 0. The highest BCUT2D eigenvalue weighted by Gasteiger charge is 2.51. The minimum Gasteiger partial charge on any atom is -0.373 e. The number of pyridine rings is 1. The molecule has 1 atom stereocenters. The van der Waals surface area contributed by atoms with Crippen LogP contribution >= 0.6 is 11.8 Å². The van der Waals surface area contributed by atoms with Crippen LogP contribution in [-0.2, 0) is 11.3 Å². The molecular formula is C17H18N4O2S. The first kappa shape index (κ1) is 15.5. The molecule has 0 aromatic carbocycles. The van der Waals surface area contributed by atoms with E-state index in [0.29, 0.717) is 12.3 Å². The third-order valence-electron chi connectivity index (χ3n) is 4.43. The van der Waals surface area contributed by atoms with Crippen LogP contribution in [0.15, 0.2) is 43.1 Å². The van der Waals surface area contributed by atoms with Crippen LogP contribution in [-0.4, -0.2) is 55.5 Å². The first-order valence-corrected chi connectivity index (χ1v) is 8.92. The standard InChI is InChI=1S/C17H18N4O2S/c22-16(15-3-5-19-12-20-15)21-10-17(11-21)6-14(9-24-17)23-8-13-2-1-4-18-7-13/h1-5,7,12,14H,6,8-11H2/t14-/m1/s1. The number of nitrogens with zero attached hydrogens (tertiary/aromatic N) is 4. The van der Waals surface area contributed by atoms with Gasteiger partial charge < -0.3 is 9.64 Å². The summed E-state index contributed by atoms with van der Waals surface area (Å²) >= 11 is 1.92. The van der Waals surface area contributed by atoms with Gasteiger partial charge in [-0.1, -0.05) is 6.07 Å². The van der Waals surface area contributed by atoms with Gasteiger partial charge in [0.05, 0.1) is 17.5 Å². The Bertz CT molecular complexity index is 707. The van der Waals surface area contributed by atoms with Crippen molar-refractivity contribution in [3.8, 4) is 0 Å². The number of likely N-dealkylation sites (tertiary alicyclic amines) is 1. The molecule has 0 N–H and O–H groups in total. The molecule has 24 heavy (non-hydrogen) atoms. The number of hydrogen-bond acceptors (Lipinski definition) is 6. The Hall–Kier alpha value is -1.99.